The lowest BCUT2D eigenvalue weighted by atomic mass is 10.1. The Morgan fingerprint density at radius 1 is 1.44 bits per heavy atom. The second-order valence-corrected chi connectivity index (χ2v) is 3.70. The number of rotatable bonds is 4. The van der Waals surface area contributed by atoms with Crippen molar-refractivity contribution in [2.24, 2.45) is 0 Å². The van der Waals surface area contributed by atoms with E-state index in [-0.39, 0.29) is 11.8 Å². The minimum Gasteiger partial charge on any atom is -0.344 e. The van der Waals surface area contributed by atoms with Crippen LogP contribution in [0.2, 0.25) is 0 Å². The van der Waals surface area contributed by atoms with E-state index in [1.807, 2.05) is 0 Å². The number of likely N-dealkylation sites (N-methyl/N-ethyl adjacent to an activating group) is 1. The van der Waals surface area contributed by atoms with Gasteiger partial charge >= 0.3 is 0 Å². The first-order chi connectivity index (χ1) is 7.54. The van der Waals surface area contributed by atoms with Gasteiger partial charge in [0.1, 0.15) is 17.5 Å². The molecule has 0 heterocycles. The Hall–Kier alpha value is -1.16. The van der Waals surface area contributed by atoms with Gasteiger partial charge < -0.3 is 4.90 Å². The zero-order valence-corrected chi connectivity index (χ0v) is 9.60. The van der Waals surface area contributed by atoms with Crippen LogP contribution in [0.25, 0.3) is 0 Å². The van der Waals surface area contributed by atoms with E-state index in [4.69, 9.17) is 11.6 Å². The molecule has 0 atom stereocenters. The number of hydrogen-bond donors (Lipinski definition) is 0. The molecule has 88 valence electrons. The molecule has 0 aromatic heterocycles. The lowest BCUT2D eigenvalue weighted by Gasteiger charge is -2.15. The van der Waals surface area contributed by atoms with Crippen LogP contribution in [0.3, 0.4) is 0 Å². The highest BCUT2D eigenvalue weighted by atomic mass is 35.5. The molecule has 0 aliphatic rings. The number of alkyl halides is 1. The standard InChI is InChI=1S/C11H12ClF2NO/c1-15(11(16)7-12)5-4-8-2-3-9(13)6-10(8)14/h2-3,6H,4-5,7H2,1H3. The second kappa shape index (κ2) is 5.80. The molecule has 0 saturated heterocycles. The number of benzene rings is 1. The van der Waals surface area contributed by atoms with Crippen LogP contribution >= 0.6 is 11.6 Å². The summed E-state index contributed by atoms with van der Waals surface area (Å²) in [5.41, 5.74) is 0.385. The normalized spacial score (nSPS) is 10.2. The number of nitrogens with zero attached hydrogens (tertiary/aromatic N) is 1. The van der Waals surface area contributed by atoms with Gasteiger partial charge in [0.2, 0.25) is 5.91 Å². The van der Waals surface area contributed by atoms with E-state index < -0.39 is 11.6 Å². The van der Waals surface area contributed by atoms with Gasteiger partial charge in [0.05, 0.1) is 0 Å². The fraction of sp³-hybridized carbons (Fsp3) is 0.364. The summed E-state index contributed by atoms with van der Waals surface area (Å²) in [6, 6.07) is 3.41. The number of carbonyl (C=O) groups excluding carboxylic acids is 1. The molecule has 16 heavy (non-hydrogen) atoms. The largest absolute Gasteiger partial charge is 0.344 e. The molecule has 1 rings (SSSR count). The maximum atomic E-state index is 13.2. The van der Waals surface area contributed by atoms with Crippen molar-refractivity contribution in [1.82, 2.24) is 4.90 Å². The Balaban J connectivity index is 2.58. The van der Waals surface area contributed by atoms with Gasteiger partial charge in [-0.1, -0.05) is 6.07 Å². The van der Waals surface area contributed by atoms with E-state index in [9.17, 15) is 13.6 Å². The third kappa shape index (κ3) is 3.45. The van der Waals surface area contributed by atoms with E-state index >= 15 is 0 Å². The molecule has 5 heteroatoms. The van der Waals surface area contributed by atoms with Crippen LogP contribution in [-0.2, 0) is 11.2 Å². The van der Waals surface area contributed by atoms with Gasteiger partial charge in [-0.25, -0.2) is 8.78 Å². The summed E-state index contributed by atoms with van der Waals surface area (Å²) >= 11 is 5.37. The summed E-state index contributed by atoms with van der Waals surface area (Å²) in [5.74, 6) is -1.51. The average molecular weight is 248 g/mol. The molecular formula is C11H12ClF2NO. The molecule has 1 aromatic carbocycles. The van der Waals surface area contributed by atoms with Crippen LogP contribution in [0, 0.1) is 11.6 Å². The van der Waals surface area contributed by atoms with Crippen LogP contribution in [0.4, 0.5) is 8.78 Å². The van der Waals surface area contributed by atoms with Gasteiger partial charge in [-0.15, -0.1) is 11.6 Å². The predicted molar refractivity (Wildman–Crippen MR) is 58.4 cm³/mol. The van der Waals surface area contributed by atoms with Crippen molar-refractivity contribution in [3.8, 4) is 0 Å². The molecule has 0 fully saturated rings. The highest BCUT2D eigenvalue weighted by Crippen LogP contribution is 2.10. The van der Waals surface area contributed by atoms with Crippen molar-refractivity contribution in [1.29, 1.82) is 0 Å². The maximum absolute atomic E-state index is 13.2. The van der Waals surface area contributed by atoms with E-state index in [0.29, 0.717) is 18.5 Å². The summed E-state index contributed by atoms with van der Waals surface area (Å²) in [6.45, 7) is 0.355. The van der Waals surface area contributed by atoms with Crippen molar-refractivity contribution in [2.75, 3.05) is 19.5 Å². The van der Waals surface area contributed by atoms with Crippen molar-refractivity contribution in [2.45, 2.75) is 6.42 Å². The van der Waals surface area contributed by atoms with Crippen LogP contribution in [0.1, 0.15) is 5.56 Å². The van der Waals surface area contributed by atoms with Crippen LogP contribution in [0.5, 0.6) is 0 Å². The molecule has 0 aliphatic carbocycles. The molecule has 0 spiro atoms. The van der Waals surface area contributed by atoms with Crippen LogP contribution < -0.4 is 0 Å². The van der Waals surface area contributed by atoms with Gasteiger partial charge in [0.15, 0.2) is 0 Å². The minimum atomic E-state index is -0.605. The quantitative estimate of drug-likeness (QED) is 0.747. The number of hydrogen-bond acceptors (Lipinski definition) is 1. The molecule has 0 radical (unpaired) electrons. The summed E-state index contributed by atoms with van der Waals surface area (Å²) in [6.07, 6.45) is 0.339. The van der Waals surface area contributed by atoms with E-state index in [2.05, 4.69) is 0 Å². The number of halogens is 3. The minimum absolute atomic E-state index is 0.0948. The predicted octanol–water partition coefficient (Wildman–Crippen LogP) is 2.20. The molecule has 0 unspecified atom stereocenters. The first-order valence-corrected chi connectivity index (χ1v) is 5.32. The fourth-order valence-electron chi connectivity index (χ4n) is 1.24. The molecule has 0 bridgehead atoms. The lowest BCUT2D eigenvalue weighted by molar-refractivity contribution is -0.127. The highest BCUT2D eigenvalue weighted by molar-refractivity contribution is 6.27. The van der Waals surface area contributed by atoms with Crippen molar-refractivity contribution in [3.63, 3.8) is 0 Å². The summed E-state index contributed by atoms with van der Waals surface area (Å²) < 4.78 is 25.8. The molecule has 1 amide bonds. The molecule has 0 aliphatic heterocycles. The molecular weight excluding hydrogens is 236 g/mol. The fourth-order valence-corrected chi connectivity index (χ4v) is 1.44. The first kappa shape index (κ1) is 12.9. The smallest absolute Gasteiger partial charge is 0.237 e. The number of amides is 1. The maximum Gasteiger partial charge on any atom is 0.237 e. The summed E-state index contributed by atoms with van der Waals surface area (Å²) in [7, 11) is 1.59. The van der Waals surface area contributed by atoms with Crippen molar-refractivity contribution in [3.05, 3.63) is 35.4 Å². The van der Waals surface area contributed by atoms with Crippen LogP contribution in [-0.4, -0.2) is 30.3 Å². The monoisotopic (exact) mass is 247 g/mol. The van der Waals surface area contributed by atoms with E-state index in [0.717, 1.165) is 6.07 Å². The Labute approximate surface area is 97.8 Å². The third-order valence-electron chi connectivity index (χ3n) is 2.27. The van der Waals surface area contributed by atoms with Crippen molar-refractivity contribution < 1.29 is 13.6 Å². The zero-order chi connectivity index (χ0) is 12.1. The Kier molecular flexibility index (Phi) is 4.68. The third-order valence-corrected chi connectivity index (χ3v) is 2.50. The Morgan fingerprint density at radius 3 is 2.69 bits per heavy atom. The van der Waals surface area contributed by atoms with Crippen molar-refractivity contribution >= 4 is 17.5 Å². The molecule has 0 saturated carbocycles. The Morgan fingerprint density at radius 2 is 2.12 bits per heavy atom. The van der Waals surface area contributed by atoms with Gasteiger partial charge in [0, 0.05) is 19.7 Å². The topological polar surface area (TPSA) is 20.3 Å². The van der Waals surface area contributed by atoms with Gasteiger partial charge in [-0.3, -0.25) is 4.79 Å². The van der Waals surface area contributed by atoms with Gasteiger partial charge in [-0.05, 0) is 18.1 Å². The number of carbonyl (C=O) groups is 1. The molecule has 0 N–H and O–H groups in total. The summed E-state index contributed by atoms with van der Waals surface area (Å²) in [4.78, 5) is 12.5. The zero-order valence-electron chi connectivity index (χ0n) is 8.84. The van der Waals surface area contributed by atoms with Gasteiger partial charge in [-0.2, -0.15) is 0 Å². The summed E-state index contributed by atoms with van der Waals surface area (Å²) in [5, 5.41) is 0. The Bertz CT molecular complexity index is 384. The molecule has 2 nitrogen and oxygen atoms in total. The average Bonchev–Trinajstić information content (AvgIpc) is 2.26. The van der Waals surface area contributed by atoms with E-state index in [1.165, 1.54) is 17.0 Å². The van der Waals surface area contributed by atoms with Gasteiger partial charge in [0.25, 0.3) is 0 Å². The molecule has 1 aromatic rings. The lowest BCUT2D eigenvalue weighted by Crippen LogP contribution is -2.29. The van der Waals surface area contributed by atoms with E-state index in [1.54, 1.807) is 7.05 Å². The first-order valence-electron chi connectivity index (χ1n) is 4.78. The highest BCUT2D eigenvalue weighted by Gasteiger charge is 2.09. The second-order valence-electron chi connectivity index (χ2n) is 3.43. The SMILES string of the molecule is CN(CCc1ccc(F)cc1F)C(=O)CCl. The van der Waals surface area contributed by atoms with Crippen LogP contribution in [0.15, 0.2) is 18.2 Å².